The van der Waals surface area contributed by atoms with Gasteiger partial charge in [0.15, 0.2) is 0 Å². The van der Waals surface area contributed by atoms with Crippen LogP contribution in [0.4, 0.5) is 0 Å². The van der Waals surface area contributed by atoms with Gasteiger partial charge in [0, 0.05) is 0 Å². The van der Waals surface area contributed by atoms with Crippen LogP contribution < -0.4 is 0 Å². The molecule has 0 atom stereocenters. The summed E-state index contributed by atoms with van der Waals surface area (Å²) in [4.78, 5) is 0. The lowest BCUT2D eigenvalue weighted by molar-refractivity contribution is -0.929. The third-order valence-electron chi connectivity index (χ3n) is 4.19. The summed E-state index contributed by atoms with van der Waals surface area (Å²) in [7, 11) is 0. The zero-order chi connectivity index (χ0) is 15.7. The van der Waals surface area contributed by atoms with Crippen LogP contribution in [0.1, 0.15) is 85.5 Å². The highest BCUT2D eigenvalue weighted by molar-refractivity contribution is 4.50. The van der Waals surface area contributed by atoms with Gasteiger partial charge in [0.1, 0.15) is 0 Å². The second-order valence-electron chi connectivity index (χ2n) is 6.00. The summed E-state index contributed by atoms with van der Waals surface area (Å²) < 4.78 is 1.43. The first-order valence-corrected chi connectivity index (χ1v) is 8.82. The molecule has 120 valence electrons. The van der Waals surface area contributed by atoms with Crippen LogP contribution in [0, 0.1) is 11.8 Å². The van der Waals surface area contributed by atoms with E-state index in [1.807, 2.05) is 0 Å². The van der Waals surface area contributed by atoms with Crippen LogP contribution >= 0.6 is 0 Å². The topological polar surface area (TPSA) is 23.8 Å². The fourth-order valence-corrected chi connectivity index (χ4v) is 2.85. The molecule has 0 radical (unpaired) electrons. The average molecular weight is 283 g/mol. The molecule has 0 saturated heterocycles. The number of hydrogen-bond acceptors (Lipinski definition) is 1. The Kier molecular flexibility index (Phi) is 17.9. The second kappa shape index (κ2) is 16.5. The minimum absolute atomic E-state index is 1.35. The van der Waals surface area contributed by atoms with Crippen LogP contribution in [0.25, 0.3) is 0 Å². The minimum Gasteiger partial charge on any atom is -0.512 e. The molecule has 0 aromatic heterocycles. The van der Waals surface area contributed by atoms with E-state index < -0.39 is 0 Å². The molecule has 0 saturated carbocycles. The third kappa shape index (κ3) is 11.3. The summed E-state index contributed by atoms with van der Waals surface area (Å²) in [5, 5.41) is 6.25. The number of rotatable bonds is 13. The van der Waals surface area contributed by atoms with Crippen LogP contribution in [0.15, 0.2) is 0 Å². The summed E-state index contributed by atoms with van der Waals surface area (Å²) >= 11 is 0. The summed E-state index contributed by atoms with van der Waals surface area (Å²) in [6.07, 6.45) is 12.5. The quantitative estimate of drug-likeness (QED) is 0.249. The lowest BCUT2D eigenvalue weighted by Gasteiger charge is -2.39. The van der Waals surface area contributed by atoms with Gasteiger partial charge in [-0.3, -0.25) is 0 Å². The molecule has 0 unspecified atom stereocenters. The molecule has 0 spiro atoms. The maximum atomic E-state index is 6.25. The Hall–Kier alpha value is -0.550. The van der Waals surface area contributed by atoms with Gasteiger partial charge in [0.05, 0.1) is 26.2 Å². The summed E-state index contributed by atoms with van der Waals surface area (Å²) in [5.74, 6) is 0. The summed E-state index contributed by atoms with van der Waals surface area (Å²) in [6, 6.07) is 0. The molecule has 0 heterocycles. The Labute approximate surface area is 128 Å². The van der Waals surface area contributed by atoms with E-state index in [9.17, 15) is 0 Å². The van der Waals surface area contributed by atoms with Gasteiger partial charge in [-0.25, -0.2) is 0 Å². The van der Waals surface area contributed by atoms with Gasteiger partial charge >= 0.3 is 0 Å². The molecular formula is C18H38N2. The first-order valence-electron chi connectivity index (χ1n) is 8.82. The summed E-state index contributed by atoms with van der Waals surface area (Å²) in [6.45, 7) is 19.8. The van der Waals surface area contributed by atoms with Crippen molar-refractivity contribution >= 4 is 0 Å². The van der Waals surface area contributed by atoms with Gasteiger partial charge in [-0.15, -0.1) is 0 Å². The Balaban J connectivity index is 0. The molecule has 0 bridgehead atoms. The van der Waals surface area contributed by atoms with E-state index in [0.717, 1.165) is 0 Å². The zero-order valence-electron chi connectivity index (χ0n) is 14.6. The van der Waals surface area contributed by atoms with Gasteiger partial charge in [-0.05, 0) is 32.1 Å². The Morgan fingerprint density at radius 1 is 0.550 bits per heavy atom. The highest BCUT2D eigenvalue weighted by Crippen LogP contribution is 2.16. The third-order valence-corrected chi connectivity index (χ3v) is 4.19. The fourth-order valence-electron chi connectivity index (χ4n) is 2.85. The van der Waals surface area contributed by atoms with Gasteiger partial charge in [0.2, 0.25) is 0 Å². The highest BCUT2D eigenvalue weighted by atomic mass is 15.3. The predicted molar refractivity (Wildman–Crippen MR) is 88.9 cm³/mol. The van der Waals surface area contributed by atoms with Crippen LogP contribution in [0.3, 0.4) is 0 Å². The number of nitrogens with zero attached hydrogens (tertiary/aromatic N) is 2. The van der Waals surface area contributed by atoms with Crippen molar-refractivity contribution in [3.63, 3.8) is 0 Å². The smallest absolute Gasteiger partial charge is 0.0786 e. The molecule has 0 fully saturated rings. The second-order valence-corrected chi connectivity index (χ2v) is 6.00. The van der Waals surface area contributed by atoms with E-state index in [2.05, 4.69) is 27.7 Å². The van der Waals surface area contributed by atoms with E-state index in [1.165, 1.54) is 88.4 Å². The predicted octanol–water partition coefficient (Wildman–Crippen LogP) is 5.49. The largest absolute Gasteiger partial charge is 0.512 e. The SMILES string of the molecule is CCCCC[N+](CCCC)(CCCC)CCCC.[C-]#N. The molecule has 2 heteroatoms. The van der Waals surface area contributed by atoms with Gasteiger partial charge in [-0.1, -0.05) is 53.4 Å². The number of hydrogen-bond donors (Lipinski definition) is 0. The summed E-state index contributed by atoms with van der Waals surface area (Å²) in [5.41, 5.74) is 0. The minimum atomic E-state index is 1.35. The van der Waals surface area contributed by atoms with Crippen molar-refractivity contribution in [3.05, 3.63) is 6.57 Å². The van der Waals surface area contributed by atoms with Crippen LogP contribution in [-0.4, -0.2) is 30.7 Å². The van der Waals surface area contributed by atoms with Crippen LogP contribution in [0.2, 0.25) is 0 Å². The van der Waals surface area contributed by atoms with Crippen molar-refractivity contribution < 1.29 is 4.48 Å². The molecule has 0 aromatic carbocycles. The van der Waals surface area contributed by atoms with Gasteiger partial charge in [-0.2, -0.15) is 0 Å². The van der Waals surface area contributed by atoms with Crippen molar-refractivity contribution in [3.8, 4) is 0 Å². The molecule has 0 aliphatic heterocycles. The molecular weight excluding hydrogens is 244 g/mol. The van der Waals surface area contributed by atoms with Gasteiger partial charge in [0.25, 0.3) is 0 Å². The Morgan fingerprint density at radius 2 is 0.850 bits per heavy atom. The molecule has 0 rings (SSSR count). The standard InChI is InChI=1S/C17H38N.CN/c1-5-9-13-17-18(14-10-6-2,15-11-7-3)16-12-8-4;1-2/h5-17H2,1-4H3;/q+1;-1. The van der Waals surface area contributed by atoms with Gasteiger partial charge < -0.3 is 16.3 Å². The highest BCUT2D eigenvalue weighted by Gasteiger charge is 2.24. The number of quaternary nitrogens is 1. The monoisotopic (exact) mass is 282 g/mol. The van der Waals surface area contributed by atoms with Crippen LogP contribution in [0.5, 0.6) is 0 Å². The van der Waals surface area contributed by atoms with E-state index in [4.69, 9.17) is 11.8 Å². The lowest BCUT2D eigenvalue weighted by Crippen LogP contribution is -2.50. The van der Waals surface area contributed by atoms with Crippen LogP contribution in [-0.2, 0) is 0 Å². The van der Waals surface area contributed by atoms with E-state index in [0.29, 0.717) is 0 Å². The maximum absolute atomic E-state index is 6.25. The van der Waals surface area contributed by atoms with E-state index >= 15 is 0 Å². The fraction of sp³-hybridized carbons (Fsp3) is 0.944. The van der Waals surface area contributed by atoms with Crippen molar-refractivity contribution in [2.75, 3.05) is 26.2 Å². The molecule has 2 nitrogen and oxygen atoms in total. The lowest BCUT2D eigenvalue weighted by atomic mass is 10.1. The zero-order valence-corrected chi connectivity index (χ0v) is 14.6. The Morgan fingerprint density at radius 3 is 1.15 bits per heavy atom. The first-order chi connectivity index (χ1) is 9.74. The van der Waals surface area contributed by atoms with Crippen molar-refractivity contribution in [1.82, 2.24) is 0 Å². The molecule has 0 aliphatic carbocycles. The molecule has 0 aromatic rings. The molecule has 0 amide bonds. The average Bonchev–Trinajstić information content (AvgIpc) is 2.50. The van der Waals surface area contributed by atoms with Crippen molar-refractivity contribution in [2.24, 2.45) is 0 Å². The first kappa shape index (κ1) is 21.7. The number of unbranched alkanes of at least 4 members (excludes halogenated alkanes) is 5. The molecule has 0 aliphatic rings. The molecule has 0 N–H and O–H groups in total. The normalized spacial score (nSPS) is 10.9. The van der Waals surface area contributed by atoms with Crippen molar-refractivity contribution in [2.45, 2.75) is 85.5 Å². The van der Waals surface area contributed by atoms with E-state index in [1.54, 1.807) is 0 Å². The van der Waals surface area contributed by atoms with Crippen molar-refractivity contribution in [1.29, 1.82) is 5.26 Å². The van der Waals surface area contributed by atoms with E-state index in [-0.39, 0.29) is 0 Å². The molecule has 20 heavy (non-hydrogen) atoms. The maximum Gasteiger partial charge on any atom is 0.0786 e. The Bertz CT molecular complexity index is 177.